The van der Waals surface area contributed by atoms with Crippen molar-refractivity contribution < 1.29 is 19.0 Å². The van der Waals surface area contributed by atoms with Crippen LogP contribution in [-0.4, -0.2) is 77.6 Å². The molecule has 1 amide bonds. The van der Waals surface area contributed by atoms with Crippen molar-refractivity contribution in [1.29, 1.82) is 0 Å². The first-order valence-corrected chi connectivity index (χ1v) is 7.82. The van der Waals surface area contributed by atoms with E-state index in [1.807, 2.05) is 0 Å². The first-order valence-electron chi connectivity index (χ1n) is 7.82. The molecule has 21 heavy (non-hydrogen) atoms. The van der Waals surface area contributed by atoms with E-state index in [9.17, 15) is 4.79 Å². The summed E-state index contributed by atoms with van der Waals surface area (Å²) in [7, 11) is 3.53. The van der Waals surface area contributed by atoms with Crippen molar-refractivity contribution in [3.05, 3.63) is 0 Å². The number of nitrogens with one attached hydrogen (secondary N) is 1. The van der Waals surface area contributed by atoms with Gasteiger partial charge in [0.2, 0.25) is 5.91 Å². The Morgan fingerprint density at radius 2 is 1.48 bits per heavy atom. The van der Waals surface area contributed by atoms with Crippen molar-refractivity contribution in [2.24, 2.45) is 0 Å². The molecule has 6 heteroatoms. The molecule has 0 bridgehead atoms. The Morgan fingerprint density at radius 1 is 0.905 bits per heavy atom. The van der Waals surface area contributed by atoms with E-state index in [4.69, 9.17) is 14.2 Å². The number of nitrogens with zero attached hydrogens (tertiary/aromatic N) is 1. The number of rotatable bonds is 15. The van der Waals surface area contributed by atoms with Crippen LogP contribution in [0.3, 0.4) is 0 Å². The maximum Gasteiger partial charge on any atom is 0.223 e. The minimum atomic E-state index is 0.137. The van der Waals surface area contributed by atoms with Gasteiger partial charge < -0.3 is 24.4 Å². The van der Waals surface area contributed by atoms with Crippen LogP contribution < -0.4 is 5.32 Å². The van der Waals surface area contributed by atoms with Gasteiger partial charge in [0.05, 0.1) is 33.0 Å². The van der Waals surface area contributed by atoms with Gasteiger partial charge in [0.1, 0.15) is 0 Å². The minimum absolute atomic E-state index is 0.137. The second kappa shape index (κ2) is 15.7. The van der Waals surface area contributed by atoms with Gasteiger partial charge in [-0.2, -0.15) is 0 Å². The van der Waals surface area contributed by atoms with Gasteiger partial charge in [0.15, 0.2) is 0 Å². The van der Waals surface area contributed by atoms with Crippen molar-refractivity contribution in [3.63, 3.8) is 0 Å². The Balaban J connectivity index is 3.04. The molecule has 1 N–H and O–H groups in total. The Kier molecular flexibility index (Phi) is 15.2. The zero-order valence-corrected chi connectivity index (χ0v) is 13.9. The maximum absolute atomic E-state index is 11.3. The first-order chi connectivity index (χ1) is 10.2. The van der Waals surface area contributed by atoms with E-state index in [0.717, 1.165) is 26.0 Å². The summed E-state index contributed by atoms with van der Waals surface area (Å²) in [5.74, 6) is 0.137. The number of amides is 1. The van der Waals surface area contributed by atoms with Gasteiger partial charge in [-0.15, -0.1) is 0 Å². The Morgan fingerprint density at radius 3 is 2.05 bits per heavy atom. The summed E-state index contributed by atoms with van der Waals surface area (Å²) in [6.45, 7) is 7.49. The summed E-state index contributed by atoms with van der Waals surface area (Å²) in [6, 6.07) is 0. The standard InChI is InChI=1S/C15H32N2O4/c1-4-5-9-19-11-13-21-14-12-20-10-8-16-7-6-15(18)17(2)3/h16H,4-14H2,1-3H3. The summed E-state index contributed by atoms with van der Waals surface area (Å²) in [5, 5.41) is 3.17. The summed E-state index contributed by atoms with van der Waals surface area (Å²) < 4.78 is 16.2. The zero-order chi connectivity index (χ0) is 15.8. The molecule has 0 aromatic carbocycles. The molecule has 0 rings (SSSR count). The first kappa shape index (κ1) is 20.3. The Bertz CT molecular complexity index is 238. The van der Waals surface area contributed by atoms with Gasteiger partial charge >= 0.3 is 0 Å². The second-order valence-corrected chi connectivity index (χ2v) is 4.98. The van der Waals surface area contributed by atoms with Crippen molar-refractivity contribution in [2.45, 2.75) is 26.2 Å². The quantitative estimate of drug-likeness (QED) is 0.456. The third-order valence-corrected chi connectivity index (χ3v) is 2.82. The lowest BCUT2D eigenvalue weighted by Crippen LogP contribution is -2.28. The molecule has 0 atom stereocenters. The second-order valence-electron chi connectivity index (χ2n) is 4.98. The van der Waals surface area contributed by atoms with E-state index in [2.05, 4.69) is 12.2 Å². The molecular formula is C15H32N2O4. The van der Waals surface area contributed by atoms with Gasteiger partial charge in [-0.3, -0.25) is 4.79 Å². The highest BCUT2D eigenvalue weighted by atomic mass is 16.5. The van der Waals surface area contributed by atoms with E-state index in [1.165, 1.54) is 0 Å². The molecule has 0 aliphatic heterocycles. The van der Waals surface area contributed by atoms with Crippen molar-refractivity contribution in [2.75, 3.05) is 66.8 Å². The number of hydrogen-bond acceptors (Lipinski definition) is 5. The van der Waals surface area contributed by atoms with E-state index in [-0.39, 0.29) is 5.91 Å². The fourth-order valence-electron chi connectivity index (χ4n) is 1.48. The largest absolute Gasteiger partial charge is 0.379 e. The summed E-state index contributed by atoms with van der Waals surface area (Å²) in [4.78, 5) is 12.9. The van der Waals surface area contributed by atoms with Crippen molar-refractivity contribution >= 4 is 5.91 Å². The van der Waals surface area contributed by atoms with E-state index in [1.54, 1.807) is 19.0 Å². The normalized spacial score (nSPS) is 10.8. The van der Waals surface area contributed by atoms with E-state index >= 15 is 0 Å². The molecule has 0 aromatic rings. The van der Waals surface area contributed by atoms with Gasteiger partial charge in [0, 0.05) is 40.2 Å². The molecule has 0 radical (unpaired) electrons. The molecule has 0 aromatic heterocycles. The van der Waals surface area contributed by atoms with Gasteiger partial charge in [-0.05, 0) is 6.42 Å². The predicted molar refractivity (Wildman–Crippen MR) is 83.5 cm³/mol. The van der Waals surface area contributed by atoms with Crippen LogP contribution in [0.1, 0.15) is 26.2 Å². The van der Waals surface area contributed by atoms with E-state index < -0.39 is 0 Å². The molecule has 0 unspecified atom stereocenters. The van der Waals surface area contributed by atoms with Crippen LogP contribution in [-0.2, 0) is 19.0 Å². The lowest BCUT2D eigenvalue weighted by molar-refractivity contribution is -0.128. The Hall–Kier alpha value is -0.690. The van der Waals surface area contributed by atoms with Gasteiger partial charge in [0.25, 0.3) is 0 Å². The lowest BCUT2D eigenvalue weighted by atomic mass is 10.4. The average molecular weight is 304 g/mol. The van der Waals surface area contributed by atoms with Crippen LogP contribution in [0.2, 0.25) is 0 Å². The topological polar surface area (TPSA) is 60.0 Å². The molecule has 0 saturated heterocycles. The van der Waals surface area contributed by atoms with Crippen molar-refractivity contribution in [3.8, 4) is 0 Å². The molecule has 0 aliphatic carbocycles. The van der Waals surface area contributed by atoms with Crippen LogP contribution in [0, 0.1) is 0 Å². The number of unbranched alkanes of at least 4 members (excludes halogenated alkanes) is 1. The SMILES string of the molecule is CCCCOCCOCCOCCNCCC(=O)N(C)C. The molecule has 0 aliphatic rings. The third kappa shape index (κ3) is 15.5. The number of carbonyl (C=O) groups is 1. The van der Waals surface area contributed by atoms with Crippen molar-refractivity contribution in [1.82, 2.24) is 10.2 Å². The van der Waals surface area contributed by atoms with Gasteiger partial charge in [-0.25, -0.2) is 0 Å². The smallest absolute Gasteiger partial charge is 0.223 e. The lowest BCUT2D eigenvalue weighted by Gasteiger charge is -2.10. The monoisotopic (exact) mass is 304 g/mol. The fraction of sp³-hybridized carbons (Fsp3) is 0.933. The molecule has 0 heterocycles. The highest BCUT2D eigenvalue weighted by Gasteiger charge is 2.01. The molecular weight excluding hydrogens is 272 g/mol. The Labute approximate surface area is 129 Å². The number of carbonyl (C=O) groups excluding carboxylic acids is 1. The summed E-state index contributed by atoms with van der Waals surface area (Å²) >= 11 is 0. The zero-order valence-electron chi connectivity index (χ0n) is 13.9. The summed E-state index contributed by atoms with van der Waals surface area (Å²) in [5.41, 5.74) is 0. The molecule has 0 saturated carbocycles. The number of ether oxygens (including phenoxy) is 3. The molecule has 126 valence electrons. The van der Waals surface area contributed by atoms with Gasteiger partial charge in [-0.1, -0.05) is 13.3 Å². The molecule has 6 nitrogen and oxygen atoms in total. The molecule has 0 fully saturated rings. The summed E-state index contributed by atoms with van der Waals surface area (Å²) in [6.07, 6.45) is 2.79. The predicted octanol–water partition coefficient (Wildman–Crippen LogP) is 0.904. The van der Waals surface area contributed by atoms with Crippen LogP contribution in [0.4, 0.5) is 0 Å². The van der Waals surface area contributed by atoms with E-state index in [0.29, 0.717) is 46.0 Å². The number of hydrogen-bond donors (Lipinski definition) is 1. The maximum atomic E-state index is 11.3. The third-order valence-electron chi connectivity index (χ3n) is 2.82. The fourth-order valence-corrected chi connectivity index (χ4v) is 1.48. The highest BCUT2D eigenvalue weighted by Crippen LogP contribution is 1.88. The minimum Gasteiger partial charge on any atom is -0.379 e. The average Bonchev–Trinajstić information content (AvgIpc) is 2.47. The molecule has 0 spiro atoms. The van der Waals surface area contributed by atoms with Crippen LogP contribution >= 0.6 is 0 Å². The van der Waals surface area contributed by atoms with Crippen LogP contribution in [0.15, 0.2) is 0 Å². The van der Waals surface area contributed by atoms with Crippen LogP contribution in [0.5, 0.6) is 0 Å². The van der Waals surface area contributed by atoms with Crippen LogP contribution in [0.25, 0.3) is 0 Å². The highest BCUT2D eigenvalue weighted by molar-refractivity contribution is 5.75.